The molecule has 5 heteroatoms. The van der Waals surface area contributed by atoms with Crippen LogP contribution in [0.5, 0.6) is 0 Å². The SMILES string of the molecule is S=P([S-])(Sc1ccccc1)Sc1ccccc1. The quantitative estimate of drug-likeness (QED) is 0.551. The molecule has 0 aliphatic heterocycles. The van der Waals surface area contributed by atoms with Gasteiger partial charge in [-0.1, -0.05) is 40.0 Å². The van der Waals surface area contributed by atoms with E-state index in [1.165, 1.54) is 0 Å². The van der Waals surface area contributed by atoms with Crippen molar-refractivity contribution in [3.63, 3.8) is 0 Å². The summed E-state index contributed by atoms with van der Waals surface area (Å²) in [5.74, 6) is 0. The van der Waals surface area contributed by atoms with Gasteiger partial charge in [0, 0.05) is 9.79 Å². The molecule has 0 saturated carbocycles. The van der Waals surface area contributed by atoms with Gasteiger partial charge in [-0.05, 0) is 24.3 Å². The molecular weight excluding hydrogens is 303 g/mol. The highest BCUT2D eigenvalue weighted by atomic mass is 33.5. The standard InChI is InChI=1S/C12H11PS4/c14-13(15,16-11-7-3-1-4-8-11)17-12-9-5-2-6-10-12/h1-10H,(H,14,15)/p-1. The lowest BCUT2D eigenvalue weighted by atomic mass is 10.4. The van der Waals surface area contributed by atoms with Crippen LogP contribution in [0.2, 0.25) is 0 Å². The van der Waals surface area contributed by atoms with Gasteiger partial charge in [-0.2, -0.15) is 0 Å². The Morgan fingerprint density at radius 3 is 1.47 bits per heavy atom. The molecule has 0 N–H and O–H groups in total. The molecule has 0 unspecified atom stereocenters. The number of hydrogen-bond acceptors (Lipinski definition) is 4. The first kappa shape index (κ1) is 13.6. The molecule has 2 aromatic rings. The predicted octanol–water partition coefficient (Wildman–Crippen LogP) is 5.34. The van der Waals surface area contributed by atoms with Gasteiger partial charge in [-0.25, -0.2) is 0 Å². The van der Waals surface area contributed by atoms with E-state index in [1.807, 2.05) is 36.4 Å². The lowest BCUT2D eigenvalue weighted by molar-refractivity contribution is 1.48. The minimum atomic E-state index is -1.89. The molecule has 0 amide bonds. The average molecular weight is 313 g/mol. The average Bonchev–Trinajstić information content (AvgIpc) is 2.30. The Morgan fingerprint density at radius 2 is 1.12 bits per heavy atom. The molecule has 0 nitrogen and oxygen atoms in total. The third-order valence-electron chi connectivity index (χ3n) is 1.92. The molecular formula is C12H10PS4-. The highest BCUT2D eigenvalue weighted by molar-refractivity contribution is 9.17. The van der Waals surface area contributed by atoms with Crippen molar-refractivity contribution in [3.8, 4) is 0 Å². The zero-order chi connectivity index (χ0) is 12.1. The van der Waals surface area contributed by atoms with Crippen molar-refractivity contribution in [1.29, 1.82) is 0 Å². The Labute approximate surface area is 120 Å². The molecule has 2 aromatic carbocycles. The van der Waals surface area contributed by atoms with E-state index in [0.717, 1.165) is 9.79 Å². The van der Waals surface area contributed by atoms with E-state index in [0.29, 0.717) is 0 Å². The summed E-state index contributed by atoms with van der Waals surface area (Å²) in [5, 5.41) is 0. The summed E-state index contributed by atoms with van der Waals surface area (Å²) >= 11 is 14.4. The summed E-state index contributed by atoms with van der Waals surface area (Å²) < 4.78 is -1.89. The van der Waals surface area contributed by atoms with E-state index in [4.69, 9.17) is 24.1 Å². The van der Waals surface area contributed by atoms with Crippen molar-refractivity contribution in [3.05, 3.63) is 60.7 Å². The summed E-state index contributed by atoms with van der Waals surface area (Å²) in [6, 6.07) is 20.3. The Hall–Kier alpha value is 0.140. The van der Waals surface area contributed by atoms with Crippen molar-refractivity contribution < 1.29 is 0 Å². The van der Waals surface area contributed by atoms with Gasteiger partial charge in [0.25, 0.3) is 0 Å². The smallest absolute Gasteiger partial charge is 0.0113 e. The van der Waals surface area contributed by atoms with Crippen LogP contribution in [0.3, 0.4) is 0 Å². The maximum atomic E-state index is 5.56. The molecule has 0 aliphatic rings. The fraction of sp³-hybridized carbons (Fsp3) is 0. The van der Waals surface area contributed by atoms with Crippen molar-refractivity contribution in [2.75, 3.05) is 0 Å². The van der Waals surface area contributed by atoms with Crippen LogP contribution in [0.25, 0.3) is 0 Å². The Morgan fingerprint density at radius 1 is 0.765 bits per heavy atom. The van der Waals surface area contributed by atoms with Crippen molar-refractivity contribution in [2.45, 2.75) is 9.79 Å². The highest BCUT2D eigenvalue weighted by Crippen LogP contribution is 2.72. The molecule has 88 valence electrons. The van der Waals surface area contributed by atoms with Gasteiger partial charge in [0.1, 0.15) is 0 Å². The van der Waals surface area contributed by atoms with Crippen LogP contribution in [0.15, 0.2) is 70.5 Å². The number of benzene rings is 2. The Bertz CT molecular complexity index is 467. The van der Waals surface area contributed by atoms with E-state index in [1.54, 1.807) is 22.8 Å². The summed E-state index contributed by atoms with van der Waals surface area (Å²) in [7, 11) is 0. The number of hydrogen-bond donors (Lipinski definition) is 0. The normalized spacial score (nSPS) is 11.4. The number of rotatable bonds is 4. The molecule has 0 atom stereocenters. The maximum absolute atomic E-state index is 5.56. The summed E-state index contributed by atoms with van der Waals surface area (Å²) in [6.45, 7) is 0. The molecule has 2 rings (SSSR count). The van der Waals surface area contributed by atoms with E-state index in [9.17, 15) is 0 Å². The first-order chi connectivity index (χ1) is 8.16. The lowest BCUT2D eigenvalue weighted by Crippen LogP contribution is -1.70. The summed E-state index contributed by atoms with van der Waals surface area (Å²) in [4.78, 5) is 2.32. The second kappa shape index (κ2) is 6.35. The first-order valence-electron chi connectivity index (χ1n) is 4.96. The Kier molecular flexibility index (Phi) is 5.07. The first-order valence-corrected chi connectivity index (χ1v) is 11.6. The van der Waals surface area contributed by atoms with Crippen LogP contribution in [-0.4, -0.2) is 0 Å². The fourth-order valence-electron chi connectivity index (χ4n) is 1.24. The van der Waals surface area contributed by atoms with Crippen molar-refractivity contribution in [2.24, 2.45) is 0 Å². The third kappa shape index (κ3) is 4.72. The molecule has 17 heavy (non-hydrogen) atoms. The van der Waals surface area contributed by atoms with Gasteiger partial charge in [-0.3, -0.25) is 0 Å². The van der Waals surface area contributed by atoms with E-state index < -0.39 is 3.64 Å². The maximum Gasteiger partial charge on any atom is 0.0113 e. The zero-order valence-electron chi connectivity index (χ0n) is 8.85. The van der Waals surface area contributed by atoms with Crippen LogP contribution >= 0.6 is 26.4 Å². The van der Waals surface area contributed by atoms with Gasteiger partial charge in [0.05, 0.1) is 0 Å². The summed E-state index contributed by atoms with van der Waals surface area (Å²) in [5.41, 5.74) is 0. The van der Waals surface area contributed by atoms with Gasteiger partial charge in [0.15, 0.2) is 0 Å². The van der Waals surface area contributed by atoms with Gasteiger partial charge >= 0.3 is 0 Å². The van der Waals surface area contributed by atoms with Crippen LogP contribution in [-0.2, 0) is 24.1 Å². The second-order valence-electron chi connectivity index (χ2n) is 3.26. The molecule has 0 aliphatic carbocycles. The fourth-order valence-corrected chi connectivity index (χ4v) is 9.73. The predicted molar refractivity (Wildman–Crippen MR) is 86.2 cm³/mol. The lowest BCUT2D eigenvalue weighted by Gasteiger charge is -2.26. The molecule has 0 fully saturated rings. The molecule has 0 spiro atoms. The second-order valence-corrected chi connectivity index (χ2v) is 17.3. The monoisotopic (exact) mass is 313 g/mol. The third-order valence-corrected chi connectivity index (χ3v) is 9.97. The van der Waals surface area contributed by atoms with Crippen molar-refractivity contribution >= 4 is 50.5 Å². The van der Waals surface area contributed by atoms with Crippen LogP contribution < -0.4 is 0 Å². The van der Waals surface area contributed by atoms with Crippen LogP contribution in [0, 0.1) is 0 Å². The zero-order valence-corrected chi connectivity index (χ0v) is 13.0. The summed E-state index contributed by atoms with van der Waals surface area (Å²) in [6.07, 6.45) is 0. The minimum absolute atomic E-state index is 1.16. The Balaban J connectivity index is 2.07. The minimum Gasteiger partial charge on any atom is -0.725 e. The van der Waals surface area contributed by atoms with E-state index >= 15 is 0 Å². The highest BCUT2D eigenvalue weighted by Gasteiger charge is 2.05. The van der Waals surface area contributed by atoms with Crippen LogP contribution in [0.4, 0.5) is 0 Å². The van der Waals surface area contributed by atoms with Gasteiger partial charge < -0.3 is 12.2 Å². The van der Waals surface area contributed by atoms with E-state index in [-0.39, 0.29) is 0 Å². The van der Waals surface area contributed by atoms with E-state index in [2.05, 4.69) is 24.3 Å². The molecule has 0 heterocycles. The van der Waals surface area contributed by atoms with Crippen molar-refractivity contribution in [1.82, 2.24) is 0 Å². The van der Waals surface area contributed by atoms with Gasteiger partial charge in [-0.15, -0.1) is 34.6 Å². The van der Waals surface area contributed by atoms with Gasteiger partial charge in [0.2, 0.25) is 0 Å². The molecule has 0 radical (unpaired) electrons. The molecule has 0 saturated heterocycles. The molecule has 0 aromatic heterocycles. The molecule has 0 bridgehead atoms. The van der Waals surface area contributed by atoms with Crippen LogP contribution in [0.1, 0.15) is 0 Å². The topological polar surface area (TPSA) is 0 Å². The largest absolute Gasteiger partial charge is 0.725 e.